The Hall–Kier alpha value is -3.32. The SMILES string of the molecule is COc1ccc([C@@H](NC(=O)[C@H](OC)c2ccccc2)c2nccn2C)cc1OC. The molecule has 3 rings (SSSR count). The number of benzene rings is 2. The number of imidazole rings is 1. The van der Waals surface area contributed by atoms with Crippen LogP contribution in [-0.4, -0.2) is 36.8 Å². The number of aryl methyl sites for hydroxylation is 1. The van der Waals surface area contributed by atoms with Gasteiger partial charge in [-0.05, 0) is 23.3 Å². The van der Waals surface area contributed by atoms with Crippen LogP contribution in [0.5, 0.6) is 11.5 Å². The molecule has 0 saturated carbocycles. The third-order valence-corrected chi connectivity index (χ3v) is 4.72. The van der Waals surface area contributed by atoms with Crippen molar-refractivity contribution >= 4 is 5.91 Å². The lowest BCUT2D eigenvalue weighted by Gasteiger charge is -2.23. The van der Waals surface area contributed by atoms with Crippen LogP contribution in [-0.2, 0) is 16.6 Å². The first-order valence-electron chi connectivity index (χ1n) is 9.16. The van der Waals surface area contributed by atoms with Gasteiger partial charge < -0.3 is 24.1 Å². The van der Waals surface area contributed by atoms with Crippen molar-refractivity contribution in [1.82, 2.24) is 14.9 Å². The zero-order valence-corrected chi connectivity index (χ0v) is 17.0. The van der Waals surface area contributed by atoms with Gasteiger partial charge in [-0.25, -0.2) is 4.98 Å². The molecule has 7 heteroatoms. The minimum absolute atomic E-state index is 0.263. The molecule has 0 saturated heterocycles. The number of hydrogen-bond donors (Lipinski definition) is 1. The summed E-state index contributed by atoms with van der Waals surface area (Å²) in [5, 5.41) is 3.07. The summed E-state index contributed by atoms with van der Waals surface area (Å²) >= 11 is 0. The van der Waals surface area contributed by atoms with Crippen molar-refractivity contribution in [2.45, 2.75) is 12.1 Å². The summed E-state index contributed by atoms with van der Waals surface area (Å²) in [5.74, 6) is 1.61. The third kappa shape index (κ3) is 4.41. The quantitative estimate of drug-likeness (QED) is 0.635. The fourth-order valence-corrected chi connectivity index (χ4v) is 3.22. The van der Waals surface area contributed by atoms with Gasteiger partial charge in [-0.1, -0.05) is 36.4 Å². The highest BCUT2D eigenvalue weighted by Crippen LogP contribution is 2.32. The first-order chi connectivity index (χ1) is 14.1. The van der Waals surface area contributed by atoms with Crippen LogP contribution in [0.15, 0.2) is 60.9 Å². The molecule has 0 aliphatic heterocycles. The van der Waals surface area contributed by atoms with Gasteiger partial charge in [0.1, 0.15) is 11.9 Å². The smallest absolute Gasteiger partial charge is 0.254 e. The number of nitrogens with zero attached hydrogens (tertiary/aromatic N) is 2. The summed E-state index contributed by atoms with van der Waals surface area (Å²) < 4.78 is 18.1. The van der Waals surface area contributed by atoms with E-state index in [9.17, 15) is 4.79 Å². The molecule has 7 nitrogen and oxygen atoms in total. The Morgan fingerprint density at radius 2 is 1.72 bits per heavy atom. The summed E-state index contributed by atoms with van der Waals surface area (Å²) in [6, 6.07) is 14.4. The van der Waals surface area contributed by atoms with Crippen molar-refractivity contribution in [2.75, 3.05) is 21.3 Å². The van der Waals surface area contributed by atoms with Crippen LogP contribution < -0.4 is 14.8 Å². The van der Waals surface area contributed by atoms with E-state index < -0.39 is 12.1 Å². The number of ether oxygens (including phenoxy) is 3. The van der Waals surface area contributed by atoms with Gasteiger partial charge in [0.05, 0.1) is 14.2 Å². The number of amides is 1. The fraction of sp³-hybridized carbons (Fsp3) is 0.273. The van der Waals surface area contributed by atoms with E-state index in [0.29, 0.717) is 17.3 Å². The second kappa shape index (κ2) is 9.25. The van der Waals surface area contributed by atoms with Crippen molar-refractivity contribution in [2.24, 2.45) is 7.05 Å². The van der Waals surface area contributed by atoms with E-state index in [1.165, 1.54) is 7.11 Å². The molecule has 0 radical (unpaired) electrons. The average Bonchev–Trinajstić information content (AvgIpc) is 3.18. The van der Waals surface area contributed by atoms with Gasteiger partial charge in [-0.3, -0.25) is 4.79 Å². The zero-order chi connectivity index (χ0) is 20.8. The molecule has 0 fully saturated rings. The van der Waals surface area contributed by atoms with Crippen LogP contribution in [0.25, 0.3) is 0 Å². The number of carbonyl (C=O) groups excluding carboxylic acids is 1. The highest BCUT2D eigenvalue weighted by Gasteiger charge is 2.27. The lowest BCUT2D eigenvalue weighted by Crippen LogP contribution is -2.35. The van der Waals surface area contributed by atoms with Crippen LogP contribution in [0.4, 0.5) is 0 Å². The summed E-state index contributed by atoms with van der Waals surface area (Å²) in [7, 11) is 6.56. The van der Waals surface area contributed by atoms with E-state index in [1.807, 2.05) is 60.3 Å². The molecule has 0 aliphatic carbocycles. The summed E-state index contributed by atoms with van der Waals surface area (Å²) in [6.07, 6.45) is 2.79. The second-order valence-corrected chi connectivity index (χ2v) is 6.48. The third-order valence-electron chi connectivity index (χ3n) is 4.72. The number of hydrogen-bond acceptors (Lipinski definition) is 5. The largest absolute Gasteiger partial charge is 0.493 e. The lowest BCUT2D eigenvalue weighted by molar-refractivity contribution is -0.132. The topological polar surface area (TPSA) is 74.6 Å². The summed E-state index contributed by atoms with van der Waals surface area (Å²) in [5.41, 5.74) is 1.59. The predicted molar refractivity (Wildman–Crippen MR) is 109 cm³/mol. The van der Waals surface area contributed by atoms with Crippen molar-refractivity contribution in [1.29, 1.82) is 0 Å². The highest BCUT2D eigenvalue weighted by molar-refractivity contribution is 5.83. The minimum Gasteiger partial charge on any atom is -0.493 e. The first kappa shape index (κ1) is 20.4. The minimum atomic E-state index is -0.737. The van der Waals surface area contributed by atoms with Gasteiger partial charge in [0.25, 0.3) is 5.91 Å². The summed E-state index contributed by atoms with van der Waals surface area (Å²) in [6.45, 7) is 0. The van der Waals surface area contributed by atoms with Crippen LogP contribution >= 0.6 is 0 Å². The monoisotopic (exact) mass is 395 g/mol. The van der Waals surface area contributed by atoms with Crippen molar-refractivity contribution in [3.05, 3.63) is 77.9 Å². The zero-order valence-electron chi connectivity index (χ0n) is 17.0. The van der Waals surface area contributed by atoms with Gasteiger partial charge in [-0.2, -0.15) is 0 Å². The van der Waals surface area contributed by atoms with E-state index in [0.717, 1.165) is 11.1 Å². The van der Waals surface area contributed by atoms with Crippen LogP contribution in [0, 0.1) is 0 Å². The van der Waals surface area contributed by atoms with Crippen LogP contribution in [0.1, 0.15) is 29.1 Å². The van der Waals surface area contributed by atoms with Gasteiger partial charge in [-0.15, -0.1) is 0 Å². The molecule has 2 atom stereocenters. The Labute approximate surface area is 170 Å². The number of methoxy groups -OCH3 is 3. The Morgan fingerprint density at radius 3 is 2.31 bits per heavy atom. The van der Waals surface area contributed by atoms with Crippen molar-refractivity contribution < 1.29 is 19.0 Å². The summed E-state index contributed by atoms with van der Waals surface area (Å²) in [4.78, 5) is 17.6. The van der Waals surface area contributed by atoms with Gasteiger partial charge >= 0.3 is 0 Å². The number of rotatable bonds is 8. The first-order valence-corrected chi connectivity index (χ1v) is 9.16. The standard InChI is InChI=1S/C22H25N3O4/c1-25-13-12-23-21(25)19(16-10-11-17(27-2)18(14-16)28-3)24-22(26)20(29-4)15-8-6-5-7-9-15/h5-14,19-20H,1-4H3,(H,24,26)/t19-,20-/m1/s1. The molecule has 2 aromatic carbocycles. The molecule has 152 valence electrons. The molecule has 29 heavy (non-hydrogen) atoms. The molecular formula is C22H25N3O4. The molecule has 1 N–H and O–H groups in total. The molecule has 1 heterocycles. The van der Waals surface area contributed by atoms with Gasteiger partial charge in [0.15, 0.2) is 17.6 Å². The Bertz CT molecular complexity index is 956. The average molecular weight is 395 g/mol. The van der Waals surface area contributed by atoms with E-state index in [-0.39, 0.29) is 5.91 Å². The Morgan fingerprint density at radius 1 is 1.00 bits per heavy atom. The maximum Gasteiger partial charge on any atom is 0.254 e. The highest BCUT2D eigenvalue weighted by atomic mass is 16.5. The van der Waals surface area contributed by atoms with E-state index in [1.54, 1.807) is 26.5 Å². The van der Waals surface area contributed by atoms with E-state index in [2.05, 4.69) is 10.3 Å². The molecule has 0 aliphatic rings. The molecule has 1 aromatic heterocycles. The molecule has 0 unspecified atom stereocenters. The molecular weight excluding hydrogens is 370 g/mol. The van der Waals surface area contributed by atoms with Crippen molar-refractivity contribution in [3.63, 3.8) is 0 Å². The Balaban J connectivity index is 1.97. The van der Waals surface area contributed by atoms with Crippen molar-refractivity contribution in [3.8, 4) is 11.5 Å². The van der Waals surface area contributed by atoms with Gasteiger partial charge in [0.2, 0.25) is 0 Å². The maximum absolute atomic E-state index is 13.1. The molecule has 1 amide bonds. The number of aromatic nitrogens is 2. The molecule has 3 aromatic rings. The Kier molecular flexibility index (Phi) is 6.51. The lowest BCUT2D eigenvalue weighted by atomic mass is 10.0. The number of nitrogens with one attached hydrogen (secondary N) is 1. The fourth-order valence-electron chi connectivity index (χ4n) is 3.22. The number of carbonyl (C=O) groups is 1. The van der Waals surface area contributed by atoms with E-state index in [4.69, 9.17) is 14.2 Å². The maximum atomic E-state index is 13.1. The normalized spacial score (nSPS) is 12.8. The predicted octanol–water partition coefficient (Wildman–Crippen LogP) is 3.03. The second-order valence-electron chi connectivity index (χ2n) is 6.48. The molecule has 0 bridgehead atoms. The van der Waals surface area contributed by atoms with E-state index >= 15 is 0 Å². The van der Waals surface area contributed by atoms with Gasteiger partial charge in [0, 0.05) is 26.6 Å². The molecule has 0 spiro atoms. The van der Waals surface area contributed by atoms with Crippen LogP contribution in [0.3, 0.4) is 0 Å². The van der Waals surface area contributed by atoms with Crippen LogP contribution in [0.2, 0.25) is 0 Å².